The summed E-state index contributed by atoms with van der Waals surface area (Å²) >= 11 is 0. The molecule has 1 saturated heterocycles. The van der Waals surface area contributed by atoms with E-state index in [1.165, 1.54) is 5.56 Å². The van der Waals surface area contributed by atoms with Crippen LogP contribution >= 0.6 is 0 Å². The van der Waals surface area contributed by atoms with Crippen LogP contribution in [0.2, 0.25) is 0 Å². The van der Waals surface area contributed by atoms with E-state index in [-0.39, 0.29) is 17.6 Å². The van der Waals surface area contributed by atoms with Crippen LogP contribution in [0.4, 0.5) is 4.79 Å². The summed E-state index contributed by atoms with van der Waals surface area (Å²) in [6.07, 6.45) is -0.233. The Kier molecular flexibility index (Phi) is 5.04. The summed E-state index contributed by atoms with van der Waals surface area (Å²) in [5, 5.41) is 3.38. The number of carbonyl (C=O) groups excluding carboxylic acids is 1. The van der Waals surface area contributed by atoms with E-state index < -0.39 is 5.60 Å². The van der Waals surface area contributed by atoms with Crippen LogP contribution in [0, 0.1) is 0 Å². The number of piperazine rings is 1. The Morgan fingerprint density at radius 1 is 1.13 bits per heavy atom. The van der Waals surface area contributed by atoms with Crippen molar-refractivity contribution in [1.29, 1.82) is 0 Å². The van der Waals surface area contributed by atoms with Gasteiger partial charge in [-0.15, -0.1) is 0 Å². The summed E-state index contributed by atoms with van der Waals surface area (Å²) in [5.74, 6) is 0. The molecule has 1 aromatic carbocycles. The molecule has 0 spiro atoms. The lowest BCUT2D eigenvalue weighted by molar-refractivity contribution is 0.0118. The molecule has 1 unspecified atom stereocenters. The predicted octanol–water partition coefficient (Wildman–Crippen LogP) is 3.87. The van der Waals surface area contributed by atoms with Crippen molar-refractivity contribution < 1.29 is 9.53 Å². The maximum absolute atomic E-state index is 12.5. The van der Waals surface area contributed by atoms with E-state index in [1.807, 2.05) is 25.7 Å². The minimum Gasteiger partial charge on any atom is -0.444 e. The fourth-order valence-electron chi connectivity index (χ4n) is 2.75. The van der Waals surface area contributed by atoms with Gasteiger partial charge in [0.15, 0.2) is 0 Å². The second-order valence-corrected chi connectivity index (χ2v) is 8.27. The lowest BCUT2D eigenvalue weighted by atomic mass is 9.86. The van der Waals surface area contributed by atoms with Crippen LogP contribution < -0.4 is 5.32 Å². The zero-order valence-corrected chi connectivity index (χ0v) is 15.3. The van der Waals surface area contributed by atoms with E-state index in [4.69, 9.17) is 4.74 Å². The number of hydrogen-bond acceptors (Lipinski definition) is 3. The average molecular weight is 318 g/mol. The van der Waals surface area contributed by atoms with Gasteiger partial charge in [0.05, 0.1) is 6.04 Å². The van der Waals surface area contributed by atoms with Crippen LogP contribution in [-0.4, -0.2) is 36.2 Å². The molecule has 1 N–H and O–H groups in total. The lowest BCUT2D eigenvalue weighted by Gasteiger charge is -2.37. The van der Waals surface area contributed by atoms with Crippen LogP contribution in [0.15, 0.2) is 24.3 Å². The first-order valence-corrected chi connectivity index (χ1v) is 8.39. The number of amides is 1. The van der Waals surface area contributed by atoms with Gasteiger partial charge >= 0.3 is 6.09 Å². The standard InChI is InChI=1S/C19H30N2O2/c1-18(2,3)15-9-7-14(8-10-15)16-13-20-11-12-21(16)17(22)23-19(4,5)6/h7-10,16,20H,11-13H2,1-6H3. The van der Waals surface area contributed by atoms with Crippen LogP contribution in [0.5, 0.6) is 0 Å². The maximum Gasteiger partial charge on any atom is 0.410 e. The summed E-state index contributed by atoms with van der Waals surface area (Å²) in [7, 11) is 0. The molecule has 1 fully saturated rings. The third-order valence-corrected chi connectivity index (χ3v) is 4.03. The summed E-state index contributed by atoms with van der Waals surface area (Å²) in [6, 6.07) is 8.62. The number of ether oxygens (including phenoxy) is 1. The Morgan fingerprint density at radius 2 is 1.74 bits per heavy atom. The van der Waals surface area contributed by atoms with E-state index in [9.17, 15) is 4.79 Å². The molecule has 23 heavy (non-hydrogen) atoms. The molecular formula is C19H30N2O2. The predicted molar refractivity (Wildman–Crippen MR) is 93.7 cm³/mol. The summed E-state index contributed by atoms with van der Waals surface area (Å²) in [6.45, 7) is 14.6. The molecule has 1 atom stereocenters. The van der Waals surface area contributed by atoms with Gasteiger partial charge in [-0.05, 0) is 37.3 Å². The first-order chi connectivity index (χ1) is 10.6. The molecule has 1 aliphatic heterocycles. The van der Waals surface area contributed by atoms with Crippen molar-refractivity contribution in [2.75, 3.05) is 19.6 Å². The number of nitrogens with one attached hydrogen (secondary N) is 1. The number of carbonyl (C=O) groups is 1. The zero-order valence-electron chi connectivity index (χ0n) is 15.3. The number of rotatable bonds is 1. The molecule has 1 aromatic rings. The Balaban J connectivity index is 2.19. The van der Waals surface area contributed by atoms with E-state index in [0.29, 0.717) is 6.54 Å². The summed E-state index contributed by atoms with van der Waals surface area (Å²) < 4.78 is 5.57. The van der Waals surface area contributed by atoms with Gasteiger partial charge in [0.25, 0.3) is 0 Å². The molecular weight excluding hydrogens is 288 g/mol. The first-order valence-electron chi connectivity index (χ1n) is 8.39. The van der Waals surface area contributed by atoms with Crippen LogP contribution in [-0.2, 0) is 10.2 Å². The van der Waals surface area contributed by atoms with Gasteiger partial charge in [0, 0.05) is 19.6 Å². The Morgan fingerprint density at radius 3 is 2.26 bits per heavy atom. The fraction of sp³-hybridized carbons (Fsp3) is 0.632. The fourth-order valence-corrected chi connectivity index (χ4v) is 2.75. The van der Waals surface area contributed by atoms with Crippen molar-refractivity contribution in [1.82, 2.24) is 10.2 Å². The van der Waals surface area contributed by atoms with E-state index >= 15 is 0 Å². The SMILES string of the molecule is CC(C)(C)OC(=O)N1CCNCC1c1ccc(C(C)(C)C)cc1. The van der Waals surface area contributed by atoms with Gasteiger partial charge in [0.2, 0.25) is 0 Å². The molecule has 1 aliphatic rings. The summed E-state index contributed by atoms with van der Waals surface area (Å²) in [4.78, 5) is 14.3. The third kappa shape index (κ3) is 4.71. The van der Waals surface area contributed by atoms with Gasteiger partial charge in [0.1, 0.15) is 5.60 Å². The van der Waals surface area contributed by atoms with Crippen LogP contribution in [0.3, 0.4) is 0 Å². The minimum atomic E-state index is -0.470. The van der Waals surface area contributed by atoms with Crippen molar-refractivity contribution in [3.8, 4) is 0 Å². The number of nitrogens with zero attached hydrogens (tertiary/aromatic N) is 1. The zero-order chi connectivity index (χ0) is 17.3. The highest BCUT2D eigenvalue weighted by atomic mass is 16.6. The highest BCUT2D eigenvalue weighted by Crippen LogP contribution is 2.28. The Hall–Kier alpha value is -1.55. The van der Waals surface area contributed by atoms with E-state index in [1.54, 1.807) is 0 Å². The lowest BCUT2D eigenvalue weighted by Crippen LogP contribution is -2.50. The highest BCUT2D eigenvalue weighted by molar-refractivity contribution is 5.69. The van der Waals surface area contributed by atoms with Gasteiger partial charge < -0.3 is 10.1 Å². The second-order valence-electron chi connectivity index (χ2n) is 8.27. The Bertz CT molecular complexity index is 538. The van der Waals surface area contributed by atoms with Crippen LogP contribution in [0.25, 0.3) is 0 Å². The van der Waals surface area contributed by atoms with Crippen molar-refractivity contribution >= 4 is 6.09 Å². The topological polar surface area (TPSA) is 41.6 Å². The van der Waals surface area contributed by atoms with Crippen molar-refractivity contribution in [2.24, 2.45) is 0 Å². The maximum atomic E-state index is 12.5. The Labute approximate surface area is 140 Å². The molecule has 128 valence electrons. The molecule has 0 aliphatic carbocycles. The van der Waals surface area contributed by atoms with Gasteiger partial charge in [-0.2, -0.15) is 0 Å². The minimum absolute atomic E-state index is 0.0209. The molecule has 0 bridgehead atoms. The molecule has 1 heterocycles. The van der Waals surface area contributed by atoms with Gasteiger partial charge in [-0.3, -0.25) is 4.90 Å². The van der Waals surface area contributed by atoms with Crippen molar-refractivity contribution in [3.05, 3.63) is 35.4 Å². The molecule has 1 amide bonds. The van der Waals surface area contributed by atoms with E-state index in [0.717, 1.165) is 18.7 Å². The number of hydrogen-bond donors (Lipinski definition) is 1. The highest BCUT2D eigenvalue weighted by Gasteiger charge is 2.31. The normalized spacial score (nSPS) is 19.6. The van der Waals surface area contributed by atoms with E-state index in [2.05, 4.69) is 50.4 Å². The monoisotopic (exact) mass is 318 g/mol. The van der Waals surface area contributed by atoms with Crippen molar-refractivity contribution in [3.63, 3.8) is 0 Å². The molecule has 0 aromatic heterocycles. The average Bonchev–Trinajstić information content (AvgIpc) is 2.45. The second kappa shape index (κ2) is 6.52. The van der Waals surface area contributed by atoms with Gasteiger partial charge in [-0.1, -0.05) is 45.0 Å². The van der Waals surface area contributed by atoms with Crippen molar-refractivity contribution in [2.45, 2.75) is 58.6 Å². The first kappa shape index (κ1) is 17.8. The molecule has 4 nitrogen and oxygen atoms in total. The number of benzene rings is 1. The quantitative estimate of drug-likeness (QED) is 0.855. The largest absolute Gasteiger partial charge is 0.444 e. The molecule has 4 heteroatoms. The third-order valence-electron chi connectivity index (χ3n) is 4.03. The van der Waals surface area contributed by atoms with Crippen LogP contribution in [0.1, 0.15) is 58.7 Å². The molecule has 2 rings (SSSR count). The van der Waals surface area contributed by atoms with Gasteiger partial charge in [-0.25, -0.2) is 4.79 Å². The molecule has 0 radical (unpaired) electrons. The molecule has 0 saturated carbocycles. The summed E-state index contributed by atoms with van der Waals surface area (Å²) in [5.41, 5.74) is 2.11. The smallest absolute Gasteiger partial charge is 0.410 e.